The summed E-state index contributed by atoms with van der Waals surface area (Å²) in [6.45, 7) is 3.98. The van der Waals surface area contributed by atoms with Gasteiger partial charge in [-0.2, -0.15) is 4.31 Å². The van der Waals surface area contributed by atoms with E-state index >= 15 is 0 Å². The van der Waals surface area contributed by atoms with Gasteiger partial charge in [0.1, 0.15) is 5.75 Å². The molecule has 0 aliphatic rings. The molecule has 2 aromatic heterocycles. The Bertz CT molecular complexity index is 1450. The highest BCUT2D eigenvalue weighted by molar-refractivity contribution is 7.89. The van der Waals surface area contributed by atoms with Crippen molar-refractivity contribution in [1.82, 2.24) is 14.3 Å². The van der Waals surface area contributed by atoms with E-state index in [2.05, 4.69) is 9.97 Å². The fourth-order valence-corrected chi connectivity index (χ4v) is 5.05. The monoisotopic (exact) mass is 463 g/mol. The number of H-pyrrole nitrogens is 1. The molecule has 2 heterocycles. The van der Waals surface area contributed by atoms with Gasteiger partial charge in [0.15, 0.2) is 0 Å². The first-order valence-corrected chi connectivity index (χ1v) is 11.9. The van der Waals surface area contributed by atoms with Crippen LogP contribution in [0, 0.1) is 13.8 Å². The molecular formula is C25H25N3O4S. The minimum Gasteiger partial charge on any atom is -0.497 e. The SMILES string of the molecule is COc1ccc(S(=O)(=O)N(Cc2cccnc2)Cc2cc3cc(C)c(C)cc3[nH]c2=O)cc1. The molecule has 7 nitrogen and oxygen atoms in total. The zero-order valence-electron chi connectivity index (χ0n) is 18.7. The Morgan fingerprint density at radius 1 is 1.00 bits per heavy atom. The first kappa shape index (κ1) is 22.7. The normalized spacial score (nSPS) is 11.8. The minimum absolute atomic E-state index is 0.0760. The number of sulfonamides is 1. The van der Waals surface area contributed by atoms with Gasteiger partial charge < -0.3 is 9.72 Å². The number of aromatic nitrogens is 2. The second kappa shape index (κ2) is 9.17. The molecule has 0 bridgehead atoms. The standard InChI is InChI=1S/C25H25N3O4S/c1-17-11-20-13-21(25(29)27-24(20)12-18(17)2)16-28(15-19-5-4-10-26-14-19)33(30,31)23-8-6-22(32-3)7-9-23/h4-14H,15-16H2,1-3H3,(H,27,29). The highest BCUT2D eigenvalue weighted by Gasteiger charge is 2.26. The van der Waals surface area contributed by atoms with Crippen LogP contribution in [0.4, 0.5) is 0 Å². The Morgan fingerprint density at radius 3 is 2.39 bits per heavy atom. The predicted molar refractivity (Wildman–Crippen MR) is 128 cm³/mol. The number of aryl methyl sites for hydroxylation is 2. The van der Waals surface area contributed by atoms with Crippen LogP contribution >= 0.6 is 0 Å². The molecule has 0 saturated carbocycles. The van der Waals surface area contributed by atoms with E-state index in [1.54, 1.807) is 42.7 Å². The van der Waals surface area contributed by atoms with Gasteiger partial charge in [-0.3, -0.25) is 9.78 Å². The van der Waals surface area contributed by atoms with Crippen LogP contribution in [0.3, 0.4) is 0 Å². The molecular weight excluding hydrogens is 438 g/mol. The maximum absolute atomic E-state index is 13.6. The summed E-state index contributed by atoms with van der Waals surface area (Å²) in [4.78, 5) is 20.0. The topological polar surface area (TPSA) is 92.4 Å². The molecule has 8 heteroatoms. The summed E-state index contributed by atoms with van der Waals surface area (Å²) in [5, 5.41) is 0.857. The molecule has 0 amide bonds. The van der Waals surface area contributed by atoms with Crippen molar-refractivity contribution in [2.75, 3.05) is 7.11 Å². The van der Waals surface area contributed by atoms with Crippen LogP contribution in [-0.2, 0) is 23.1 Å². The number of methoxy groups -OCH3 is 1. The van der Waals surface area contributed by atoms with Crippen molar-refractivity contribution >= 4 is 20.9 Å². The Labute approximate surface area is 192 Å². The van der Waals surface area contributed by atoms with Gasteiger partial charge in [-0.25, -0.2) is 8.42 Å². The molecule has 0 aliphatic heterocycles. The van der Waals surface area contributed by atoms with E-state index in [1.807, 2.05) is 26.0 Å². The average Bonchev–Trinajstić information content (AvgIpc) is 2.81. The predicted octanol–water partition coefficient (Wildman–Crippen LogP) is 3.94. The van der Waals surface area contributed by atoms with E-state index in [1.165, 1.54) is 23.5 Å². The number of nitrogens with one attached hydrogen (secondary N) is 1. The highest BCUT2D eigenvalue weighted by atomic mass is 32.2. The lowest BCUT2D eigenvalue weighted by molar-refractivity contribution is 0.398. The summed E-state index contributed by atoms with van der Waals surface area (Å²) < 4.78 is 33.6. The van der Waals surface area contributed by atoms with Crippen molar-refractivity contribution in [2.45, 2.75) is 31.8 Å². The van der Waals surface area contributed by atoms with E-state index in [4.69, 9.17) is 4.74 Å². The largest absolute Gasteiger partial charge is 0.497 e. The number of hydrogen-bond donors (Lipinski definition) is 1. The van der Waals surface area contributed by atoms with Crippen molar-refractivity contribution in [2.24, 2.45) is 0 Å². The van der Waals surface area contributed by atoms with Crippen LogP contribution in [-0.4, -0.2) is 29.8 Å². The van der Waals surface area contributed by atoms with Gasteiger partial charge in [0.25, 0.3) is 5.56 Å². The molecule has 0 atom stereocenters. The summed E-state index contributed by atoms with van der Waals surface area (Å²) in [7, 11) is -2.39. The minimum atomic E-state index is -3.91. The summed E-state index contributed by atoms with van der Waals surface area (Å²) in [6.07, 6.45) is 3.25. The first-order chi connectivity index (χ1) is 15.8. The van der Waals surface area contributed by atoms with Crippen molar-refractivity contribution in [3.63, 3.8) is 0 Å². The maximum Gasteiger partial charge on any atom is 0.252 e. The molecule has 0 radical (unpaired) electrons. The van der Waals surface area contributed by atoms with E-state index in [0.717, 1.165) is 27.6 Å². The number of nitrogens with zero attached hydrogens (tertiary/aromatic N) is 2. The fourth-order valence-electron chi connectivity index (χ4n) is 3.65. The molecule has 0 spiro atoms. The summed E-state index contributed by atoms with van der Waals surface area (Å²) in [5.41, 5.74) is 3.67. The third-order valence-electron chi connectivity index (χ3n) is 5.66. The van der Waals surface area contributed by atoms with Gasteiger partial charge in [0, 0.05) is 36.6 Å². The number of pyridine rings is 2. The number of rotatable bonds is 7. The first-order valence-electron chi connectivity index (χ1n) is 10.4. The third-order valence-corrected chi connectivity index (χ3v) is 7.47. The second-order valence-corrected chi connectivity index (χ2v) is 9.90. The Kier molecular flexibility index (Phi) is 6.31. The van der Waals surface area contributed by atoms with Crippen LogP contribution in [0.5, 0.6) is 5.75 Å². The number of benzene rings is 2. The molecule has 0 aliphatic carbocycles. The van der Waals surface area contributed by atoms with Gasteiger partial charge in [-0.05, 0) is 84.5 Å². The summed E-state index contributed by atoms with van der Waals surface area (Å²) >= 11 is 0. The maximum atomic E-state index is 13.6. The Morgan fingerprint density at radius 2 is 1.73 bits per heavy atom. The number of fused-ring (bicyclic) bond motifs is 1. The van der Waals surface area contributed by atoms with Crippen molar-refractivity contribution in [1.29, 1.82) is 0 Å². The lowest BCUT2D eigenvalue weighted by Crippen LogP contribution is -2.32. The lowest BCUT2D eigenvalue weighted by atomic mass is 10.0. The Hall–Kier alpha value is -3.49. The van der Waals surface area contributed by atoms with Gasteiger partial charge >= 0.3 is 0 Å². The molecule has 170 valence electrons. The van der Waals surface area contributed by atoms with Crippen LogP contribution in [0.15, 0.2) is 76.7 Å². The molecule has 4 rings (SSSR count). The number of ether oxygens (including phenoxy) is 1. The molecule has 2 aromatic carbocycles. The summed E-state index contributed by atoms with van der Waals surface area (Å²) in [6, 6.07) is 15.4. The second-order valence-electron chi connectivity index (χ2n) is 7.96. The van der Waals surface area contributed by atoms with Gasteiger partial charge in [0.2, 0.25) is 10.0 Å². The molecule has 1 N–H and O–H groups in total. The quantitative estimate of drug-likeness (QED) is 0.448. The smallest absolute Gasteiger partial charge is 0.252 e. The number of hydrogen-bond acceptors (Lipinski definition) is 5. The lowest BCUT2D eigenvalue weighted by Gasteiger charge is -2.22. The summed E-state index contributed by atoms with van der Waals surface area (Å²) in [5.74, 6) is 0.560. The molecule has 0 saturated heterocycles. The van der Waals surface area contributed by atoms with Crippen LogP contribution < -0.4 is 10.3 Å². The van der Waals surface area contributed by atoms with Crippen LogP contribution in [0.1, 0.15) is 22.3 Å². The molecule has 0 unspecified atom stereocenters. The van der Waals surface area contributed by atoms with Crippen molar-refractivity contribution < 1.29 is 13.2 Å². The van der Waals surface area contributed by atoms with Gasteiger partial charge in [-0.15, -0.1) is 0 Å². The van der Waals surface area contributed by atoms with Gasteiger partial charge in [-0.1, -0.05) is 6.07 Å². The van der Waals surface area contributed by atoms with Gasteiger partial charge in [0.05, 0.1) is 12.0 Å². The van der Waals surface area contributed by atoms with E-state index < -0.39 is 10.0 Å². The average molecular weight is 464 g/mol. The van der Waals surface area contributed by atoms with Crippen molar-refractivity contribution in [3.8, 4) is 5.75 Å². The number of aromatic amines is 1. The van der Waals surface area contributed by atoms with E-state index in [9.17, 15) is 13.2 Å². The van der Waals surface area contributed by atoms with E-state index in [0.29, 0.717) is 11.3 Å². The van der Waals surface area contributed by atoms with Crippen LogP contribution in [0.2, 0.25) is 0 Å². The zero-order chi connectivity index (χ0) is 23.6. The molecule has 4 aromatic rings. The third kappa shape index (κ3) is 4.81. The fraction of sp³-hybridized carbons (Fsp3) is 0.200. The zero-order valence-corrected chi connectivity index (χ0v) is 19.5. The van der Waals surface area contributed by atoms with E-state index in [-0.39, 0.29) is 23.5 Å². The molecule has 33 heavy (non-hydrogen) atoms. The van der Waals surface area contributed by atoms with Crippen molar-refractivity contribution in [3.05, 3.63) is 99.6 Å². The molecule has 0 fully saturated rings. The Balaban J connectivity index is 1.77. The highest BCUT2D eigenvalue weighted by Crippen LogP contribution is 2.24. The van der Waals surface area contributed by atoms with Crippen LogP contribution in [0.25, 0.3) is 10.9 Å².